The normalized spacial score (nSPS) is 29.3. The highest BCUT2D eigenvalue weighted by Crippen LogP contribution is 2.48. The van der Waals surface area contributed by atoms with E-state index in [9.17, 15) is 0 Å². The molecule has 0 radical (unpaired) electrons. The van der Waals surface area contributed by atoms with Crippen molar-refractivity contribution in [3.63, 3.8) is 0 Å². The van der Waals surface area contributed by atoms with E-state index in [1.54, 1.807) is 0 Å². The number of hydrogen-bond acceptors (Lipinski definition) is 2. The molecule has 0 N–H and O–H groups in total. The molecule has 2 heteroatoms. The molecular formula is C23H46N2. The molecule has 148 valence electrons. The average molecular weight is 351 g/mol. The third-order valence-corrected chi connectivity index (χ3v) is 6.76. The molecule has 2 aliphatic rings. The summed E-state index contributed by atoms with van der Waals surface area (Å²) in [5.74, 6) is 0. The lowest BCUT2D eigenvalue weighted by molar-refractivity contribution is -0.0175. The fraction of sp³-hybridized carbons (Fsp3) is 1.00. The van der Waals surface area contributed by atoms with Gasteiger partial charge in [-0.3, -0.25) is 9.80 Å². The van der Waals surface area contributed by atoms with Crippen molar-refractivity contribution in [2.75, 3.05) is 20.8 Å². The average Bonchev–Trinajstić information content (AvgIpc) is 2.30. The van der Waals surface area contributed by atoms with Crippen LogP contribution in [-0.2, 0) is 0 Å². The quantitative estimate of drug-likeness (QED) is 0.572. The molecule has 0 amide bonds. The summed E-state index contributed by atoms with van der Waals surface area (Å²) in [5.41, 5.74) is 1.87. The predicted octanol–water partition coefficient (Wildman–Crippen LogP) is 6.02. The molecule has 2 nitrogen and oxygen atoms in total. The first-order valence-electron chi connectivity index (χ1n) is 10.5. The van der Waals surface area contributed by atoms with Gasteiger partial charge in [0.1, 0.15) is 0 Å². The van der Waals surface area contributed by atoms with Gasteiger partial charge in [-0.25, -0.2) is 0 Å². The van der Waals surface area contributed by atoms with E-state index in [4.69, 9.17) is 0 Å². The predicted molar refractivity (Wildman–Crippen MR) is 111 cm³/mol. The van der Waals surface area contributed by atoms with Gasteiger partial charge in [-0.05, 0) is 74.3 Å². The van der Waals surface area contributed by atoms with Crippen molar-refractivity contribution in [3.8, 4) is 0 Å². The van der Waals surface area contributed by atoms with Crippen LogP contribution in [0.15, 0.2) is 0 Å². The van der Waals surface area contributed by atoms with E-state index in [1.807, 2.05) is 0 Å². The zero-order chi connectivity index (χ0) is 19.3. The lowest BCUT2D eigenvalue weighted by atomic mass is 9.63. The third kappa shape index (κ3) is 5.96. The SMILES string of the molecule is CN(CN(C)C1CC(C)(C)CC(C)(C)C1)C1CC(C)(C)CC(C)(C)C1. The van der Waals surface area contributed by atoms with Gasteiger partial charge in [-0.2, -0.15) is 0 Å². The van der Waals surface area contributed by atoms with Crippen LogP contribution in [0, 0.1) is 21.7 Å². The van der Waals surface area contributed by atoms with Gasteiger partial charge >= 0.3 is 0 Å². The second kappa shape index (κ2) is 6.82. The number of nitrogens with zero attached hydrogens (tertiary/aromatic N) is 2. The topological polar surface area (TPSA) is 6.48 Å². The van der Waals surface area contributed by atoms with E-state index in [1.165, 1.54) is 38.5 Å². The van der Waals surface area contributed by atoms with Gasteiger partial charge in [0, 0.05) is 12.1 Å². The molecule has 2 fully saturated rings. The minimum atomic E-state index is 0.466. The van der Waals surface area contributed by atoms with Crippen LogP contribution in [-0.4, -0.2) is 42.6 Å². The summed E-state index contributed by atoms with van der Waals surface area (Å²) >= 11 is 0. The van der Waals surface area contributed by atoms with Gasteiger partial charge in [-0.1, -0.05) is 55.4 Å². The monoisotopic (exact) mass is 350 g/mol. The Morgan fingerprint density at radius 3 is 1.04 bits per heavy atom. The Hall–Kier alpha value is -0.0800. The third-order valence-electron chi connectivity index (χ3n) is 6.76. The Morgan fingerprint density at radius 2 is 0.800 bits per heavy atom. The first-order chi connectivity index (χ1) is 11.1. The molecule has 2 aliphatic carbocycles. The molecule has 0 aliphatic heterocycles. The minimum absolute atomic E-state index is 0.466. The Morgan fingerprint density at radius 1 is 0.560 bits per heavy atom. The summed E-state index contributed by atoms with van der Waals surface area (Å²) in [6.45, 7) is 20.8. The van der Waals surface area contributed by atoms with E-state index in [2.05, 4.69) is 79.3 Å². The fourth-order valence-corrected chi connectivity index (χ4v) is 6.78. The summed E-state index contributed by atoms with van der Waals surface area (Å²) in [6.07, 6.45) is 8.05. The zero-order valence-corrected chi connectivity index (χ0v) is 19.0. The molecule has 2 saturated carbocycles. The highest BCUT2D eigenvalue weighted by atomic mass is 15.3. The molecule has 0 spiro atoms. The second-order valence-electron chi connectivity index (χ2n) is 12.8. The van der Waals surface area contributed by atoms with Crippen molar-refractivity contribution in [2.24, 2.45) is 21.7 Å². The summed E-state index contributed by atoms with van der Waals surface area (Å²) < 4.78 is 0. The second-order valence-corrected chi connectivity index (χ2v) is 12.8. The highest BCUT2D eigenvalue weighted by Gasteiger charge is 2.42. The molecule has 25 heavy (non-hydrogen) atoms. The van der Waals surface area contributed by atoms with Crippen molar-refractivity contribution < 1.29 is 0 Å². The van der Waals surface area contributed by atoms with Crippen molar-refractivity contribution in [3.05, 3.63) is 0 Å². The molecule has 0 aromatic carbocycles. The maximum absolute atomic E-state index is 2.65. The molecule has 0 unspecified atom stereocenters. The molecule has 0 aromatic heterocycles. The lowest BCUT2D eigenvalue weighted by Gasteiger charge is -2.50. The Bertz CT molecular complexity index is 387. The van der Waals surface area contributed by atoms with Crippen LogP contribution in [0.25, 0.3) is 0 Å². The van der Waals surface area contributed by atoms with Gasteiger partial charge < -0.3 is 0 Å². The summed E-state index contributed by atoms with van der Waals surface area (Å²) in [5, 5.41) is 0. The van der Waals surface area contributed by atoms with Crippen LogP contribution in [0.5, 0.6) is 0 Å². The van der Waals surface area contributed by atoms with Crippen LogP contribution in [0.3, 0.4) is 0 Å². The van der Waals surface area contributed by atoms with Crippen LogP contribution in [0.4, 0.5) is 0 Å². The van der Waals surface area contributed by atoms with Crippen molar-refractivity contribution in [1.82, 2.24) is 9.80 Å². The van der Waals surface area contributed by atoms with Crippen LogP contribution >= 0.6 is 0 Å². The summed E-state index contributed by atoms with van der Waals surface area (Å²) in [4.78, 5) is 5.30. The summed E-state index contributed by atoms with van der Waals surface area (Å²) in [7, 11) is 4.72. The Labute approximate surface area is 158 Å². The zero-order valence-electron chi connectivity index (χ0n) is 19.0. The maximum atomic E-state index is 2.65. The van der Waals surface area contributed by atoms with E-state index in [0.29, 0.717) is 33.7 Å². The van der Waals surface area contributed by atoms with Gasteiger partial charge in [0.15, 0.2) is 0 Å². The number of hydrogen-bond donors (Lipinski definition) is 0. The largest absolute Gasteiger partial charge is 0.291 e. The van der Waals surface area contributed by atoms with Crippen molar-refractivity contribution in [1.29, 1.82) is 0 Å². The first-order valence-corrected chi connectivity index (χ1v) is 10.5. The highest BCUT2D eigenvalue weighted by molar-refractivity contribution is 4.95. The van der Waals surface area contributed by atoms with E-state index in [-0.39, 0.29) is 0 Å². The van der Waals surface area contributed by atoms with Crippen molar-refractivity contribution in [2.45, 2.75) is 106 Å². The fourth-order valence-electron chi connectivity index (χ4n) is 6.78. The van der Waals surface area contributed by atoms with E-state index < -0.39 is 0 Å². The summed E-state index contributed by atoms with van der Waals surface area (Å²) in [6, 6.07) is 1.43. The standard InChI is InChI=1S/C23H46N2/c1-20(2)11-18(12-21(3,4)15-20)24(9)17-25(10)19-13-22(5,6)16-23(7,8)14-19/h18-19H,11-17H2,1-10H3. The van der Waals surface area contributed by atoms with Gasteiger partial charge in [0.05, 0.1) is 6.67 Å². The van der Waals surface area contributed by atoms with Gasteiger partial charge in [-0.15, -0.1) is 0 Å². The smallest absolute Gasteiger partial charge is 0.0505 e. The molecule has 0 heterocycles. The maximum Gasteiger partial charge on any atom is 0.0505 e. The minimum Gasteiger partial charge on any atom is -0.291 e. The van der Waals surface area contributed by atoms with Gasteiger partial charge in [0.2, 0.25) is 0 Å². The van der Waals surface area contributed by atoms with Crippen LogP contribution in [0.1, 0.15) is 93.9 Å². The van der Waals surface area contributed by atoms with Crippen LogP contribution in [0.2, 0.25) is 0 Å². The molecule has 2 rings (SSSR count). The van der Waals surface area contributed by atoms with Crippen LogP contribution < -0.4 is 0 Å². The van der Waals surface area contributed by atoms with Crippen molar-refractivity contribution >= 4 is 0 Å². The molecule has 0 saturated heterocycles. The lowest BCUT2D eigenvalue weighted by Crippen LogP contribution is -2.51. The van der Waals surface area contributed by atoms with Gasteiger partial charge in [0.25, 0.3) is 0 Å². The molecule has 0 aromatic rings. The first kappa shape index (κ1) is 21.2. The Balaban J connectivity index is 2.01. The van der Waals surface area contributed by atoms with E-state index in [0.717, 1.165) is 6.67 Å². The number of rotatable bonds is 4. The molecular weight excluding hydrogens is 304 g/mol. The molecule has 0 bridgehead atoms. The molecule has 0 atom stereocenters. The Kier molecular flexibility index (Phi) is 5.79. The van der Waals surface area contributed by atoms with E-state index >= 15 is 0 Å².